The van der Waals surface area contributed by atoms with Gasteiger partial charge in [-0.05, 0) is 74.2 Å². The molecule has 4 aromatic rings. The number of halogens is 4. The Morgan fingerprint density at radius 2 is 1.87 bits per heavy atom. The number of amides is 1. The van der Waals surface area contributed by atoms with E-state index in [1.807, 2.05) is 39.0 Å². The van der Waals surface area contributed by atoms with Crippen LogP contribution >= 0.6 is 34.7 Å². The zero-order valence-electron chi connectivity index (χ0n) is 21.1. The molecule has 1 N–H and O–H groups in total. The van der Waals surface area contributed by atoms with Crippen molar-refractivity contribution in [3.05, 3.63) is 78.9 Å². The predicted molar refractivity (Wildman–Crippen MR) is 149 cm³/mol. The Morgan fingerprint density at radius 1 is 1.13 bits per heavy atom. The maximum absolute atomic E-state index is 13.8. The first-order valence-electron chi connectivity index (χ1n) is 11.8. The van der Waals surface area contributed by atoms with Crippen molar-refractivity contribution >= 4 is 56.5 Å². The Morgan fingerprint density at radius 3 is 2.53 bits per heavy atom. The zero-order valence-corrected chi connectivity index (χ0v) is 23.5. The van der Waals surface area contributed by atoms with Gasteiger partial charge in [0, 0.05) is 10.6 Å². The summed E-state index contributed by atoms with van der Waals surface area (Å²) < 4.78 is 41.1. The van der Waals surface area contributed by atoms with E-state index in [0.29, 0.717) is 21.1 Å². The number of aromatic nitrogens is 2. The molecule has 0 aliphatic carbocycles. The number of carbonyl (C=O) groups excluding carboxylic acids is 1. The van der Waals surface area contributed by atoms with Gasteiger partial charge in [0.15, 0.2) is 5.16 Å². The molecule has 38 heavy (non-hydrogen) atoms. The molecule has 4 rings (SSSR count). The molecule has 200 valence electrons. The number of rotatable bonds is 7. The Labute approximate surface area is 231 Å². The van der Waals surface area contributed by atoms with Gasteiger partial charge in [0.1, 0.15) is 4.83 Å². The monoisotopic (exact) mass is 579 g/mol. The van der Waals surface area contributed by atoms with E-state index >= 15 is 0 Å². The van der Waals surface area contributed by atoms with Crippen LogP contribution in [0.15, 0.2) is 46.3 Å². The highest BCUT2D eigenvalue weighted by Crippen LogP contribution is 2.36. The fourth-order valence-corrected chi connectivity index (χ4v) is 6.37. The highest BCUT2D eigenvalue weighted by atomic mass is 35.5. The van der Waals surface area contributed by atoms with Crippen molar-refractivity contribution in [1.82, 2.24) is 9.55 Å². The molecular formula is C27H25ClF3N3O2S2. The molecule has 0 saturated carbocycles. The molecule has 0 fully saturated rings. The lowest BCUT2D eigenvalue weighted by Gasteiger charge is -2.14. The molecule has 2 aromatic carbocycles. The largest absolute Gasteiger partial charge is 0.417 e. The molecule has 0 spiro atoms. The molecule has 0 saturated heterocycles. The second kappa shape index (κ2) is 11.1. The van der Waals surface area contributed by atoms with Gasteiger partial charge in [-0.3, -0.25) is 14.2 Å². The van der Waals surface area contributed by atoms with Gasteiger partial charge in [-0.1, -0.05) is 42.8 Å². The number of thioether (sulfide) groups is 1. The summed E-state index contributed by atoms with van der Waals surface area (Å²) in [5.41, 5.74) is 2.34. The van der Waals surface area contributed by atoms with E-state index in [-0.39, 0.29) is 17.0 Å². The fraction of sp³-hybridized carbons (Fsp3) is 0.296. The summed E-state index contributed by atoms with van der Waals surface area (Å²) in [6.07, 6.45) is -2.88. The van der Waals surface area contributed by atoms with E-state index in [2.05, 4.69) is 12.2 Å². The number of aryl methyl sites for hydroxylation is 4. The number of nitrogens with zero attached hydrogens (tertiary/aromatic N) is 2. The number of carbonyl (C=O) groups is 1. The highest BCUT2D eigenvalue weighted by Gasteiger charge is 2.33. The summed E-state index contributed by atoms with van der Waals surface area (Å²) >= 11 is 8.19. The van der Waals surface area contributed by atoms with Crippen molar-refractivity contribution < 1.29 is 18.0 Å². The van der Waals surface area contributed by atoms with Gasteiger partial charge in [0.2, 0.25) is 5.91 Å². The minimum atomic E-state index is -4.65. The first-order chi connectivity index (χ1) is 17.9. The average Bonchev–Trinajstić information content (AvgIpc) is 3.15. The lowest BCUT2D eigenvalue weighted by atomic mass is 10.1. The molecular weight excluding hydrogens is 555 g/mol. The van der Waals surface area contributed by atoms with Crippen LogP contribution in [-0.2, 0) is 17.4 Å². The van der Waals surface area contributed by atoms with Crippen LogP contribution in [-0.4, -0.2) is 21.2 Å². The maximum Gasteiger partial charge on any atom is 0.417 e. The van der Waals surface area contributed by atoms with Crippen LogP contribution in [0.1, 0.15) is 40.5 Å². The smallest absolute Gasteiger partial charge is 0.325 e. The van der Waals surface area contributed by atoms with E-state index in [4.69, 9.17) is 16.6 Å². The van der Waals surface area contributed by atoms with Gasteiger partial charge in [0.05, 0.1) is 27.4 Å². The second-order valence-corrected chi connectivity index (χ2v) is 11.3. The number of anilines is 1. The number of hydrogen-bond acceptors (Lipinski definition) is 5. The molecule has 0 aliphatic heterocycles. The van der Waals surface area contributed by atoms with Crippen molar-refractivity contribution in [3.8, 4) is 5.69 Å². The summed E-state index contributed by atoms with van der Waals surface area (Å²) in [5, 5.41) is 2.92. The molecule has 11 heteroatoms. The topological polar surface area (TPSA) is 64.0 Å². The standard InChI is InChI=1S/C27H25ClF3N3O2S2/c1-5-6-21-16(4)23-24(38-21)33-26(34(25(23)36)18-9-7-14(2)15(3)11-18)37-13-22(35)32-17-8-10-20(28)19(12-17)27(29,30)31/h7-12H,5-6,13H2,1-4H3,(H,32,35). The van der Waals surface area contributed by atoms with Gasteiger partial charge in [-0.15, -0.1) is 11.3 Å². The quantitative estimate of drug-likeness (QED) is 0.180. The van der Waals surface area contributed by atoms with Crippen LogP contribution in [0.5, 0.6) is 0 Å². The van der Waals surface area contributed by atoms with Gasteiger partial charge < -0.3 is 5.32 Å². The van der Waals surface area contributed by atoms with Crippen molar-refractivity contribution in [2.45, 2.75) is 51.9 Å². The van der Waals surface area contributed by atoms with E-state index in [1.54, 1.807) is 0 Å². The fourth-order valence-electron chi connectivity index (χ4n) is 4.01. The molecule has 0 unspecified atom stereocenters. The maximum atomic E-state index is 13.8. The second-order valence-electron chi connectivity index (χ2n) is 8.91. The lowest BCUT2D eigenvalue weighted by Crippen LogP contribution is -2.23. The molecule has 2 aromatic heterocycles. The third-order valence-electron chi connectivity index (χ3n) is 6.15. The minimum absolute atomic E-state index is 0.0274. The molecule has 0 aliphatic rings. The van der Waals surface area contributed by atoms with E-state index < -0.39 is 22.7 Å². The summed E-state index contributed by atoms with van der Waals surface area (Å²) in [4.78, 5) is 33.0. The molecule has 2 heterocycles. The number of hydrogen-bond donors (Lipinski definition) is 1. The summed E-state index contributed by atoms with van der Waals surface area (Å²) in [7, 11) is 0. The van der Waals surface area contributed by atoms with E-state index in [0.717, 1.165) is 58.3 Å². The SMILES string of the molecule is CCCc1sc2nc(SCC(=O)Nc3ccc(Cl)c(C(F)(F)F)c3)n(-c3ccc(C)c(C)c3)c(=O)c2c1C. The summed E-state index contributed by atoms with van der Waals surface area (Å²) in [5.74, 6) is -0.709. The Hall–Kier alpha value is -2.82. The van der Waals surface area contributed by atoms with Gasteiger partial charge in [-0.2, -0.15) is 13.2 Å². The van der Waals surface area contributed by atoms with Crippen LogP contribution < -0.4 is 10.9 Å². The Bertz CT molecular complexity index is 1600. The Balaban J connectivity index is 1.70. The third kappa shape index (κ3) is 5.77. The average molecular weight is 580 g/mol. The van der Waals surface area contributed by atoms with Crippen LogP contribution in [0.25, 0.3) is 15.9 Å². The molecule has 0 radical (unpaired) electrons. The lowest BCUT2D eigenvalue weighted by molar-refractivity contribution is -0.137. The normalized spacial score (nSPS) is 11.8. The van der Waals surface area contributed by atoms with Crippen molar-refractivity contribution in [1.29, 1.82) is 0 Å². The molecule has 0 atom stereocenters. The predicted octanol–water partition coefficient (Wildman–Crippen LogP) is 7.73. The van der Waals surface area contributed by atoms with Gasteiger partial charge in [0.25, 0.3) is 5.56 Å². The van der Waals surface area contributed by atoms with Crippen molar-refractivity contribution in [3.63, 3.8) is 0 Å². The first-order valence-corrected chi connectivity index (χ1v) is 14.0. The minimum Gasteiger partial charge on any atom is -0.325 e. The van der Waals surface area contributed by atoms with Gasteiger partial charge in [-0.25, -0.2) is 4.98 Å². The number of fused-ring (bicyclic) bond motifs is 1. The molecule has 5 nitrogen and oxygen atoms in total. The number of alkyl halides is 3. The van der Waals surface area contributed by atoms with E-state index in [9.17, 15) is 22.8 Å². The van der Waals surface area contributed by atoms with Crippen LogP contribution in [0.4, 0.5) is 18.9 Å². The zero-order chi connectivity index (χ0) is 27.8. The number of nitrogens with one attached hydrogen (secondary N) is 1. The summed E-state index contributed by atoms with van der Waals surface area (Å²) in [6.45, 7) is 7.93. The first kappa shape index (κ1) is 28.2. The summed E-state index contributed by atoms with van der Waals surface area (Å²) in [6, 6.07) is 8.85. The number of thiophene rings is 1. The number of benzene rings is 2. The molecule has 0 bridgehead atoms. The Kier molecular flexibility index (Phi) is 8.25. The van der Waals surface area contributed by atoms with Gasteiger partial charge >= 0.3 is 6.18 Å². The van der Waals surface area contributed by atoms with Crippen molar-refractivity contribution in [2.75, 3.05) is 11.1 Å². The third-order valence-corrected chi connectivity index (χ3v) is 8.66. The van der Waals surface area contributed by atoms with E-state index in [1.165, 1.54) is 22.0 Å². The van der Waals surface area contributed by atoms with Crippen LogP contribution in [0.2, 0.25) is 5.02 Å². The highest BCUT2D eigenvalue weighted by molar-refractivity contribution is 7.99. The molecule has 1 amide bonds. The van der Waals surface area contributed by atoms with Crippen LogP contribution in [0.3, 0.4) is 0 Å². The van der Waals surface area contributed by atoms with Crippen LogP contribution in [0, 0.1) is 20.8 Å². The van der Waals surface area contributed by atoms with Crippen molar-refractivity contribution in [2.24, 2.45) is 0 Å².